The summed E-state index contributed by atoms with van der Waals surface area (Å²) in [5.74, 6) is -0.538. The molecule has 1 aliphatic rings. The van der Waals surface area contributed by atoms with Crippen molar-refractivity contribution in [3.05, 3.63) is 65.7 Å². The largest absolute Gasteiger partial charge is 0.494 e. The topological polar surface area (TPSA) is 97.0 Å². The number of carbonyl (C=O) groups is 3. The molecule has 2 N–H and O–H groups in total. The Labute approximate surface area is 211 Å². The number of piperazine rings is 1. The molecule has 0 bridgehead atoms. The molecule has 1 aliphatic heterocycles. The summed E-state index contributed by atoms with van der Waals surface area (Å²) in [6.07, 6.45) is 2.42. The summed E-state index contributed by atoms with van der Waals surface area (Å²) in [4.78, 5) is 39.2. The van der Waals surface area contributed by atoms with Crippen LogP contribution < -0.4 is 15.4 Å². The molecule has 0 aromatic heterocycles. The number of benzene rings is 2. The molecular weight excluding hydrogens is 466 g/mol. The van der Waals surface area contributed by atoms with E-state index in [1.54, 1.807) is 29.2 Å². The number of amides is 2. The molecule has 0 aliphatic carbocycles. The van der Waals surface area contributed by atoms with Crippen molar-refractivity contribution in [2.75, 3.05) is 26.3 Å². The molecule has 1 fully saturated rings. The average molecular weight is 498 g/mol. The Hall–Kier alpha value is -3.46. The number of nitrogens with one attached hydrogen (secondary N) is 2. The SMILES string of the molecule is CCCCOc1ccc(C(=O)NC(=S)N2CCNC(=O)C2CC(=O)OCCc2ccccc2)cc1. The van der Waals surface area contributed by atoms with E-state index in [1.165, 1.54) is 0 Å². The zero-order valence-electron chi connectivity index (χ0n) is 19.8. The zero-order valence-corrected chi connectivity index (χ0v) is 20.6. The van der Waals surface area contributed by atoms with Gasteiger partial charge in [0.1, 0.15) is 11.8 Å². The maximum Gasteiger partial charge on any atom is 0.308 e. The summed E-state index contributed by atoms with van der Waals surface area (Å²) in [6.45, 7) is 3.66. The van der Waals surface area contributed by atoms with Crippen LogP contribution in [0.5, 0.6) is 5.75 Å². The second-order valence-electron chi connectivity index (χ2n) is 8.15. The first-order valence-corrected chi connectivity index (χ1v) is 12.2. The minimum Gasteiger partial charge on any atom is -0.494 e. The van der Waals surface area contributed by atoms with Gasteiger partial charge in [-0.05, 0) is 48.5 Å². The van der Waals surface area contributed by atoms with Crippen molar-refractivity contribution in [3.63, 3.8) is 0 Å². The Morgan fingerprint density at radius 2 is 1.86 bits per heavy atom. The summed E-state index contributed by atoms with van der Waals surface area (Å²) >= 11 is 5.42. The van der Waals surface area contributed by atoms with E-state index in [4.69, 9.17) is 21.7 Å². The molecule has 2 aromatic rings. The van der Waals surface area contributed by atoms with Crippen LogP contribution in [0.1, 0.15) is 42.1 Å². The Morgan fingerprint density at radius 3 is 2.57 bits per heavy atom. The molecule has 186 valence electrons. The van der Waals surface area contributed by atoms with Crippen LogP contribution in [-0.4, -0.2) is 60.1 Å². The summed E-state index contributed by atoms with van der Waals surface area (Å²) in [7, 11) is 0. The van der Waals surface area contributed by atoms with E-state index in [0.717, 1.165) is 18.4 Å². The van der Waals surface area contributed by atoms with Gasteiger partial charge < -0.3 is 19.7 Å². The van der Waals surface area contributed by atoms with Crippen molar-refractivity contribution in [2.45, 2.75) is 38.6 Å². The van der Waals surface area contributed by atoms with E-state index in [9.17, 15) is 14.4 Å². The molecule has 0 spiro atoms. The fraction of sp³-hybridized carbons (Fsp3) is 0.385. The summed E-state index contributed by atoms with van der Waals surface area (Å²) in [5, 5.41) is 5.51. The van der Waals surface area contributed by atoms with Crippen molar-refractivity contribution in [3.8, 4) is 5.75 Å². The van der Waals surface area contributed by atoms with Crippen LogP contribution in [0.2, 0.25) is 0 Å². The fourth-order valence-electron chi connectivity index (χ4n) is 3.58. The third-order valence-electron chi connectivity index (χ3n) is 5.55. The number of rotatable bonds is 10. The maximum absolute atomic E-state index is 12.7. The predicted octanol–water partition coefficient (Wildman–Crippen LogP) is 2.86. The van der Waals surface area contributed by atoms with Crippen molar-refractivity contribution in [1.82, 2.24) is 15.5 Å². The van der Waals surface area contributed by atoms with Gasteiger partial charge in [-0.15, -0.1) is 0 Å². The van der Waals surface area contributed by atoms with Crippen molar-refractivity contribution < 1.29 is 23.9 Å². The number of ether oxygens (including phenoxy) is 2. The molecule has 9 heteroatoms. The van der Waals surface area contributed by atoms with Gasteiger partial charge in [0.15, 0.2) is 5.11 Å². The van der Waals surface area contributed by atoms with Crippen molar-refractivity contribution in [2.24, 2.45) is 0 Å². The summed E-state index contributed by atoms with van der Waals surface area (Å²) in [6, 6.07) is 15.6. The second kappa shape index (κ2) is 13.4. The molecule has 1 saturated heterocycles. The third-order valence-corrected chi connectivity index (χ3v) is 5.89. The quantitative estimate of drug-likeness (QED) is 0.296. The Kier molecular flexibility index (Phi) is 10.0. The van der Waals surface area contributed by atoms with Crippen LogP contribution in [0.3, 0.4) is 0 Å². The highest BCUT2D eigenvalue weighted by molar-refractivity contribution is 7.80. The van der Waals surface area contributed by atoms with Crippen molar-refractivity contribution in [1.29, 1.82) is 0 Å². The minimum absolute atomic E-state index is 0.0928. The van der Waals surface area contributed by atoms with Crippen LogP contribution in [0.4, 0.5) is 0 Å². The number of unbranched alkanes of at least 4 members (excludes halogenated alkanes) is 1. The van der Waals surface area contributed by atoms with E-state index >= 15 is 0 Å². The zero-order chi connectivity index (χ0) is 25.0. The Bertz CT molecular complexity index is 1010. The molecule has 2 aromatic carbocycles. The summed E-state index contributed by atoms with van der Waals surface area (Å²) < 4.78 is 11.0. The number of hydrogen-bond donors (Lipinski definition) is 2. The van der Waals surface area contributed by atoms with Gasteiger partial charge in [0.2, 0.25) is 5.91 Å². The van der Waals surface area contributed by atoms with E-state index in [1.807, 2.05) is 30.3 Å². The van der Waals surface area contributed by atoms with E-state index in [2.05, 4.69) is 17.6 Å². The molecule has 1 heterocycles. The average Bonchev–Trinajstić information content (AvgIpc) is 2.86. The first-order valence-electron chi connectivity index (χ1n) is 11.8. The van der Waals surface area contributed by atoms with Crippen LogP contribution >= 0.6 is 12.2 Å². The lowest BCUT2D eigenvalue weighted by Gasteiger charge is -2.36. The number of carbonyl (C=O) groups excluding carboxylic acids is 3. The minimum atomic E-state index is -0.852. The molecule has 1 unspecified atom stereocenters. The van der Waals surface area contributed by atoms with Gasteiger partial charge in [0, 0.05) is 25.1 Å². The van der Waals surface area contributed by atoms with Gasteiger partial charge in [-0.2, -0.15) is 0 Å². The lowest BCUT2D eigenvalue weighted by molar-refractivity contribution is -0.147. The highest BCUT2D eigenvalue weighted by atomic mass is 32.1. The smallest absolute Gasteiger partial charge is 0.308 e. The highest BCUT2D eigenvalue weighted by Gasteiger charge is 2.34. The highest BCUT2D eigenvalue weighted by Crippen LogP contribution is 2.14. The molecule has 3 rings (SSSR count). The molecule has 35 heavy (non-hydrogen) atoms. The van der Waals surface area contributed by atoms with Crippen LogP contribution in [0, 0.1) is 0 Å². The van der Waals surface area contributed by atoms with Gasteiger partial charge in [0.25, 0.3) is 5.91 Å². The molecule has 8 nitrogen and oxygen atoms in total. The predicted molar refractivity (Wildman–Crippen MR) is 136 cm³/mol. The van der Waals surface area contributed by atoms with Gasteiger partial charge in [-0.25, -0.2) is 0 Å². The van der Waals surface area contributed by atoms with Crippen LogP contribution in [0.15, 0.2) is 54.6 Å². The van der Waals surface area contributed by atoms with Gasteiger partial charge in [0.05, 0.1) is 19.6 Å². The third kappa shape index (κ3) is 8.06. The molecule has 2 amide bonds. The van der Waals surface area contributed by atoms with Gasteiger partial charge >= 0.3 is 5.97 Å². The molecule has 1 atom stereocenters. The fourth-order valence-corrected chi connectivity index (χ4v) is 3.89. The Morgan fingerprint density at radius 1 is 1.11 bits per heavy atom. The number of esters is 1. The van der Waals surface area contributed by atoms with Crippen LogP contribution in [0.25, 0.3) is 0 Å². The normalized spacial score (nSPS) is 15.2. The maximum atomic E-state index is 12.7. The standard InChI is InChI=1S/C26H31N3O5S/c1-2-3-16-33-21-11-9-20(10-12-21)24(31)28-26(35)29-15-14-27-25(32)22(29)18-23(30)34-17-13-19-7-5-4-6-8-19/h4-12,22H,2-3,13-18H2,1H3,(H,27,32)(H,28,31,35). The van der Waals surface area contributed by atoms with Gasteiger partial charge in [-0.3, -0.25) is 19.7 Å². The lowest BCUT2D eigenvalue weighted by atomic mass is 10.1. The molecular formula is C26H31N3O5S. The molecule has 0 saturated carbocycles. The number of thiocarbonyl (C=S) groups is 1. The monoisotopic (exact) mass is 497 g/mol. The number of hydrogen-bond acceptors (Lipinski definition) is 6. The van der Waals surface area contributed by atoms with E-state index in [0.29, 0.717) is 37.4 Å². The van der Waals surface area contributed by atoms with E-state index < -0.39 is 17.9 Å². The molecule has 0 radical (unpaired) electrons. The van der Waals surface area contributed by atoms with Gasteiger partial charge in [-0.1, -0.05) is 43.7 Å². The second-order valence-corrected chi connectivity index (χ2v) is 8.53. The number of nitrogens with zero attached hydrogens (tertiary/aromatic N) is 1. The van der Waals surface area contributed by atoms with Crippen molar-refractivity contribution >= 4 is 35.1 Å². The first kappa shape index (κ1) is 26.2. The Balaban J connectivity index is 1.53. The summed E-state index contributed by atoms with van der Waals surface area (Å²) in [5.41, 5.74) is 1.47. The van der Waals surface area contributed by atoms with Crippen LogP contribution in [-0.2, 0) is 20.7 Å². The lowest BCUT2D eigenvalue weighted by Crippen LogP contribution is -2.60. The van der Waals surface area contributed by atoms with E-state index in [-0.39, 0.29) is 24.0 Å². The first-order chi connectivity index (χ1) is 17.0.